The number of hydrogen-bond donors (Lipinski definition) is 0. The molecule has 2 aliphatic rings. The maximum Gasteiger partial charge on any atom is 0.251 e. The smallest absolute Gasteiger partial charge is 0.251 e. The summed E-state index contributed by atoms with van der Waals surface area (Å²) >= 11 is 0. The molecule has 23 heavy (non-hydrogen) atoms. The fourth-order valence-corrected chi connectivity index (χ4v) is 5.53. The average Bonchev–Trinajstić information content (AvgIpc) is 3.04. The predicted molar refractivity (Wildman–Crippen MR) is 82.8 cm³/mol. The number of aromatic nitrogens is 2. The Morgan fingerprint density at radius 3 is 2.52 bits per heavy atom. The third kappa shape index (κ3) is 3.74. The van der Waals surface area contributed by atoms with Crippen molar-refractivity contribution in [3.63, 3.8) is 0 Å². The Morgan fingerprint density at radius 2 is 1.91 bits per heavy atom. The van der Waals surface area contributed by atoms with E-state index in [1.165, 1.54) is 4.31 Å². The Balaban J connectivity index is 1.60. The summed E-state index contributed by atoms with van der Waals surface area (Å²) in [5.74, 6) is -4.30. The third-order valence-corrected chi connectivity index (χ3v) is 7.06. The van der Waals surface area contributed by atoms with E-state index in [4.69, 9.17) is 0 Å². The lowest BCUT2D eigenvalue weighted by Gasteiger charge is -2.35. The Labute approximate surface area is 135 Å². The van der Waals surface area contributed by atoms with Gasteiger partial charge in [-0.2, -0.15) is 0 Å². The summed E-state index contributed by atoms with van der Waals surface area (Å²) in [7, 11) is -3.62. The van der Waals surface area contributed by atoms with Crippen molar-refractivity contribution in [3.05, 3.63) is 18.7 Å². The fraction of sp³-hybridized carbons (Fsp3) is 0.800. The first-order valence-corrected chi connectivity index (χ1v) is 9.82. The first-order chi connectivity index (χ1) is 10.9. The van der Waals surface area contributed by atoms with Gasteiger partial charge in [0, 0.05) is 43.9 Å². The fourth-order valence-electron chi connectivity index (χ4n) is 3.64. The third-order valence-electron chi connectivity index (χ3n) is 5.09. The molecule has 2 fully saturated rings. The van der Waals surface area contributed by atoms with Crippen LogP contribution in [0.25, 0.3) is 0 Å². The van der Waals surface area contributed by atoms with Crippen LogP contribution in [-0.2, 0) is 10.0 Å². The molecule has 1 saturated carbocycles. The molecule has 1 aliphatic carbocycles. The van der Waals surface area contributed by atoms with Gasteiger partial charge in [0.25, 0.3) is 5.92 Å². The number of nitrogens with zero attached hydrogens (tertiary/aromatic N) is 3. The summed E-state index contributed by atoms with van der Waals surface area (Å²) in [4.78, 5) is 4.01. The van der Waals surface area contributed by atoms with Crippen LogP contribution in [0.5, 0.6) is 0 Å². The second-order valence-corrected chi connectivity index (χ2v) is 8.64. The maximum absolute atomic E-state index is 13.9. The molecular formula is C15H23F2N3O2S. The molecule has 0 spiro atoms. The molecule has 5 nitrogen and oxygen atoms in total. The zero-order chi connectivity index (χ0) is 16.5. The quantitative estimate of drug-likeness (QED) is 0.841. The van der Waals surface area contributed by atoms with E-state index in [9.17, 15) is 17.2 Å². The predicted octanol–water partition coefficient (Wildman–Crippen LogP) is 2.68. The van der Waals surface area contributed by atoms with Crippen molar-refractivity contribution in [1.82, 2.24) is 13.9 Å². The number of halogens is 2. The number of piperidine rings is 1. The van der Waals surface area contributed by atoms with Gasteiger partial charge in [-0.15, -0.1) is 0 Å². The monoisotopic (exact) mass is 347 g/mol. The zero-order valence-electron chi connectivity index (χ0n) is 13.1. The van der Waals surface area contributed by atoms with Crippen LogP contribution in [0.2, 0.25) is 0 Å². The van der Waals surface area contributed by atoms with Crippen LogP contribution < -0.4 is 0 Å². The zero-order valence-corrected chi connectivity index (χ0v) is 13.9. The molecule has 0 N–H and O–H groups in total. The first kappa shape index (κ1) is 16.8. The first-order valence-electron chi connectivity index (χ1n) is 8.21. The number of rotatable bonds is 4. The topological polar surface area (TPSA) is 55.2 Å². The summed E-state index contributed by atoms with van der Waals surface area (Å²) in [6.07, 6.45) is 7.99. The van der Waals surface area contributed by atoms with Gasteiger partial charge in [0.1, 0.15) is 0 Å². The van der Waals surface area contributed by atoms with Crippen LogP contribution in [-0.4, -0.2) is 47.0 Å². The lowest BCUT2D eigenvalue weighted by atomic mass is 9.87. The van der Waals surface area contributed by atoms with E-state index in [0.29, 0.717) is 45.2 Å². The van der Waals surface area contributed by atoms with E-state index >= 15 is 0 Å². The number of alkyl halides is 2. The van der Waals surface area contributed by atoms with E-state index in [1.54, 1.807) is 12.5 Å². The number of sulfonamides is 1. The van der Waals surface area contributed by atoms with Gasteiger partial charge in [-0.25, -0.2) is 26.5 Å². The minimum Gasteiger partial charge on any atom is -0.334 e. The molecule has 1 aromatic heterocycles. The van der Waals surface area contributed by atoms with Crippen molar-refractivity contribution < 1.29 is 17.2 Å². The average molecular weight is 347 g/mol. The van der Waals surface area contributed by atoms with Crippen molar-refractivity contribution in [1.29, 1.82) is 0 Å². The highest BCUT2D eigenvalue weighted by Crippen LogP contribution is 2.39. The summed E-state index contributed by atoms with van der Waals surface area (Å²) in [5, 5.41) is 0. The van der Waals surface area contributed by atoms with E-state index in [1.807, 2.05) is 10.8 Å². The highest BCUT2D eigenvalue weighted by atomic mass is 32.2. The van der Waals surface area contributed by atoms with Crippen molar-refractivity contribution >= 4 is 10.0 Å². The van der Waals surface area contributed by atoms with Gasteiger partial charge < -0.3 is 4.57 Å². The second kappa shape index (κ2) is 6.47. The van der Waals surface area contributed by atoms with Gasteiger partial charge in [0.2, 0.25) is 10.0 Å². The molecule has 0 aromatic carbocycles. The summed E-state index contributed by atoms with van der Waals surface area (Å²) in [6.45, 7) is 0.785. The molecule has 1 unspecified atom stereocenters. The molecule has 0 amide bonds. The Hall–Kier alpha value is -1.02. The van der Waals surface area contributed by atoms with Crippen LogP contribution in [0.3, 0.4) is 0 Å². The van der Waals surface area contributed by atoms with Gasteiger partial charge in [-0.3, -0.25) is 0 Å². The van der Waals surface area contributed by atoms with Crippen LogP contribution in [0.1, 0.15) is 44.6 Å². The van der Waals surface area contributed by atoms with Gasteiger partial charge in [-0.1, -0.05) is 6.42 Å². The highest BCUT2D eigenvalue weighted by Gasteiger charge is 2.44. The molecule has 1 aliphatic heterocycles. The molecule has 1 saturated heterocycles. The highest BCUT2D eigenvalue weighted by molar-refractivity contribution is 7.89. The van der Waals surface area contributed by atoms with Crippen molar-refractivity contribution in [3.8, 4) is 0 Å². The van der Waals surface area contributed by atoms with E-state index in [0.717, 1.165) is 0 Å². The van der Waals surface area contributed by atoms with Crippen LogP contribution in [0.15, 0.2) is 18.7 Å². The Kier molecular flexibility index (Phi) is 4.73. The van der Waals surface area contributed by atoms with Crippen molar-refractivity contribution in [2.24, 2.45) is 5.92 Å². The summed E-state index contributed by atoms with van der Waals surface area (Å²) in [6, 6.07) is 0.236. The van der Waals surface area contributed by atoms with Gasteiger partial charge in [-0.05, 0) is 25.7 Å². The number of imidazole rings is 1. The maximum atomic E-state index is 13.9. The molecule has 130 valence electrons. The Morgan fingerprint density at radius 1 is 1.17 bits per heavy atom. The largest absolute Gasteiger partial charge is 0.334 e. The lowest BCUT2D eigenvalue weighted by Crippen LogP contribution is -2.44. The molecule has 2 heterocycles. The minimum atomic E-state index is -3.62. The molecule has 8 heteroatoms. The Bertz CT molecular complexity index is 611. The molecular weight excluding hydrogens is 324 g/mol. The second-order valence-electron chi connectivity index (χ2n) is 6.62. The number of hydrogen-bond acceptors (Lipinski definition) is 3. The normalized spacial score (nSPS) is 27.1. The van der Waals surface area contributed by atoms with Crippen LogP contribution >= 0.6 is 0 Å². The van der Waals surface area contributed by atoms with Gasteiger partial charge in [0.15, 0.2) is 0 Å². The van der Waals surface area contributed by atoms with Gasteiger partial charge >= 0.3 is 0 Å². The minimum absolute atomic E-state index is 0.185. The van der Waals surface area contributed by atoms with E-state index in [2.05, 4.69) is 4.98 Å². The molecule has 1 aromatic rings. The lowest BCUT2D eigenvalue weighted by molar-refractivity contribution is -0.0773. The SMILES string of the molecule is O=S(=O)(CC1CCCCC1(F)F)N1CCC(n2ccnc2)CC1. The van der Waals surface area contributed by atoms with Crippen molar-refractivity contribution in [2.75, 3.05) is 18.8 Å². The standard InChI is InChI=1S/C15H23F2N3O2S/c16-15(17)6-2-1-3-13(15)11-23(21,22)20-8-4-14(5-9-20)19-10-7-18-12-19/h7,10,12-14H,1-6,8-9,11H2. The molecule has 3 rings (SSSR count). The van der Waals surface area contributed by atoms with Gasteiger partial charge in [0.05, 0.1) is 12.1 Å². The molecule has 1 atom stereocenters. The van der Waals surface area contributed by atoms with E-state index < -0.39 is 27.6 Å². The van der Waals surface area contributed by atoms with Crippen LogP contribution in [0.4, 0.5) is 8.78 Å². The summed E-state index contributed by atoms with van der Waals surface area (Å²) < 4.78 is 56.2. The molecule has 0 radical (unpaired) electrons. The molecule has 0 bridgehead atoms. The van der Waals surface area contributed by atoms with E-state index in [-0.39, 0.29) is 12.5 Å². The summed E-state index contributed by atoms with van der Waals surface area (Å²) in [5.41, 5.74) is 0. The van der Waals surface area contributed by atoms with Crippen LogP contribution in [0, 0.1) is 5.92 Å². The van der Waals surface area contributed by atoms with Crippen molar-refractivity contribution in [2.45, 2.75) is 50.5 Å².